The first kappa shape index (κ1) is 20.8. The van der Waals surface area contributed by atoms with E-state index < -0.39 is 17.2 Å². The summed E-state index contributed by atoms with van der Waals surface area (Å²) in [4.78, 5) is 38.5. The Hall–Kier alpha value is -2.90. The first-order valence-corrected chi connectivity index (χ1v) is 9.69. The van der Waals surface area contributed by atoms with E-state index in [1.54, 1.807) is 42.5 Å². The predicted molar refractivity (Wildman–Crippen MR) is 112 cm³/mol. The van der Waals surface area contributed by atoms with Gasteiger partial charge in [-0.25, -0.2) is 4.79 Å². The van der Waals surface area contributed by atoms with Crippen molar-refractivity contribution >= 4 is 29.1 Å². The van der Waals surface area contributed by atoms with E-state index in [1.165, 1.54) is 6.07 Å². The maximum atomic E-state index is 13.1. The van der Waals surface area contributed by atoms with Crippen molar-refractivity contribution in [2.75, 3.05) is 6.54 Å². The van der Waals surface area contributed by atoms with Gasteiger partial charge in [-0.15, -0.1) is 0 Å². The van der Waals surface area contributed by atoms with Crippen molar-refractivity contribution in [2.45, 2.75) is 19.9 Å². The lowest BCUT2D eigenvalue weighted by molar-refractivity contribution is 0.0944. The molecule has 3 rings (SSSR count). The Bertz CT molecular complexity index is 1170. The van der Waals surface area contributed by atoms with Crippen LogP contribution in [0.4, 0.5) is 0 Å². The highest BCUT2D eigenvalue weighted by atomic mass is 35.5. The highest BCUT2D eigenvalue weighted by Crippen LogP contribution is 2.16. The lowest BCUT2D eigenvalue weighted by Crippen LogP contribution is -2.46. The van der Waals surface area contributed by atoms with Gasteiger partial charge >= 0.3 is 5.69 Å². The van der Waals surface area contributed by atoms with Crippen LogP contribution in [0.25, 0.3) is 5.69 Å². The SMILES string of the molecule is CCCNC(=O)c1nn(-c2cccc(Cl)c2)c(=O)n(Cc2ccccc2Cl)c1=O. The minimum Gasteiger partial charge on any atom is -0.350 e. The standard InChI is InChI=1S/C20H18Cl2N4O3/c1-2-10-23-18(27)17-19(28)25(12-13-6-3-4-9-16(13)22)20(29)26(24-17)15-8-5-7-14(21)11-15/h3-9,11H,2,10,12H2,1H3,(H,23,27). The van der Waals surface area contributed by atoms with Crippen molar-refractivity contribution in [3.05, 3.63) is 90.7 Å². The zero-order valence-corrected chi connectivity index (χ0v) is 17.1. The van der Waals surface area contributed by atoms with Gasteiger partial charge < -0.3 is 5.32 Å². The molecule has 0 radical (unpaired) electrons. The molecule has 3 aromatic rings. The van der Waals surface area contributed by atoms with Crippen LogP contribution in [0.2, 0.25) is 10.0 Å². The second kappa shape index (κ2) is 9.07. The molecule has 0 saturated heterocycles. The van der Waals surface area contributed by atoms with E-state index in [4.69, 9.17) is 23.2 Å². The third-order valence-corrected chi connectivity index (χ3v) is 4.75. The van der Waals surface area contributed by atoms with E-state index in [-0.39, 0.29) is 12.2 Å². The van der Waals surface area contributed by atoms with E-state index in [0.717, 1.165) is 9.25 Å². The molecule has 0 spiro atoms. The summed E-state index contributed by atoms with van der Waals surface area (Å²) >= 11 is 12.2. The Labute approximate surface area is 176 Å². The van der Waals surface area contributed by atoms with Crippen LogP contribution in [0.1, 0.15) is 29.4 Å². The lowest BCUT2D eigenvalue weighted by Gasteiger charge is -2.13. The van der Waals surface area contributed by atoms with Crippen LogP contribution in [0.15, 0.2) is 58.1 Å². The molecule has 1 N–H and O–H groups in total. The summed E-state index contributed by atoms with van der Waals surface area (Å²) in [5.41, 5.74) is -0.979. The smallest absolute Gasteiger partial charge is 0.350 e. The molecule has 150 valence electrons. The number of nitrogens with zero attached hydrogens (tertiary/aromatic N) is 3. The van der Waals surface area contributed by atoms with Gasteiger partial charge in [0.15, 0.2) is 0 Å². The summed E-state index contributed by atoms with van der Waals surface area (Å²) in [7, 11) is 0. The average molecular weight is 433 g/mol. The highest BCUT2D eigenvalue weighted by molar-refractivity contribution is 6.31. The van der Waals surface area contributed by atoms with E-state index in [9.17, 15) is 14.4 Å². The summed E-state index contributed by atoms with van der Waals surface area (Å²) in [6.45, 7) is 2.16. The normalized spacial score (nSPS) is 10.7. The molecule has 0 bridgehead atoms. The number of aromatic nitrogens is 3. The summed E-state index contributed by atoms with van der Waals surface area (Å²) in [6.07, 6.45) is 0.688. The van der Waals surface area contributed by atoms with Crippen LogP contribution < -0.4 is 16.6 Å². The Kier molecular flexibility index (Phi) is 6.51. The first-order chi connectivity index (χ1) is 13.9. The molecule has 0 unspecified atom stereocenters. The van der Waals surface area contributed by atoms with Gasteiger partial charge in [0.2, 0.25) is 5.69 Å². The molecule has 0 aliphatic rings. The fraction of sp³-hybridized carbons (Fsp3) is 0.200. The molecule has 1 amide bonds. The van der Waals surface area contributed by atoms with Crippen molar-refractivity contribution in [2.24, 2.45) is 0 Å². The molecule has 7 nitrogen and oxygen atoms in total. The average Bonchev–Trinajstić information content (AvgIpc) is 2.70. The van der Waals surface area contributed by atoms with E-state index in [2.05, 4.69) is 10.4 Å². The maximum absolute atomic E-state index is 13.1. The Morgan fingerprint density at radius 1 is 1.10 bits per heavy atom. The van der Waals surface area contributed by atoms with Crippen molar-refractivity contribution in [3.8, 4) is 5.69 Å². The molecular weight excluding hydrogens is 415 g/mol. The molecule has 2 aromatic carbocycles. The fourth-order valence-corrected chi connectivity index (χ4v) is 3.07. The molecule has 1 aromatic heterocycles. The van der Waals surface area contributed by atoms with Crippen LogP contribution in [0, 0.1) is 0 Å². The number of amides is 1. The molecule has 0 aliphatic heterocycles. The van der Waals surface area contributed by atoms with Crippen molar-refractivity contribution in [1.29, 1.82) is 0 Å². The fourth-order valence-electron chi connectivity index (χ4n) is 2.69. The number of carbonyl (C=O) groups excluding carboxylic acids is 1. The summed E-state index contributed by atoms with van der Waals surface area (Å²) < 4.78 is 1.93. The van der Waals surface area contributed by atoms with Gasteiger partial charge in [-0.3, -0.25) is 14.2 Å². The van der Waals surface area contributed by atoms with E-state index in [0.29, 0.717) is 34.3 Å². The lowest BCUT2D eigenvalue weighted by atomic mass is 10.2. The summed E-state index contributed by atoms with van der Waals surface area (Å²) in [5.74, 6) is -0.652. The number of hydrogen-bond donors (Lipinski definition) is 1. The second-order valence-corrected chi connectivity index (χ2v) is 7.11. The van der Waals surface area contributed by atoms with Crippen molar-refractivity contribution < 1.29 is 4.79 Å². The van der Waals surface area contributed by atoms with Crippen LogP contribution >= 0.6 is 23.2 Å². The van der Waals surface area contributed by atoms with Gasteiger partial charge in [-0.2, -0.15) is 9.78 Å². The van der Waals surface area contributed by atoms with E-state index >= 15 is 0 Å². The van der Waals surface area contributed by atoms with E-state index in [1.807, 2.05) is 6.92 Å². The van der Waals surface area contributed by atoms with Gasteiger partial charge in [0.05, 0.1) is 12.2 Å². The van der Waals surface area contributed by atoms with Crippen LogP contribution in [0.5, 0.6) is 0 Å². The summed E-state index contributed by atoms with van der Waals surface area (Å²) in [5, 5.41) is 7.44. The number of carbonyl (C=O) groups is 1. The third kappa shape index (κ3) is 4.58. The minimum absolute atomic E-state index is 0.103. The monoisotopic (exact) mass is 432 g/mol. The molecule has 1 heterocycles. The zero-order chi connectivity index (χ0) is 21.0. The first-order valence-electron chi connectivity index (χ1n) is 8.94. The van der Waals surface area contributed by atoms with Gasteiger partial charge in [0, 0.05) is 16.6 Å². The molecule has 0 saturated carbocycles. The van der Waals surface area contributed by atoms with Crippen LogP contribution in [-0.4, -0.2) is 26.8 Å². The number of halogens is 2. The maximum Gasteiger partial charge on any atom is 0.352 e. The zero-order valence-electron chi connectivity index (χ0n) is 15.6. The molecule has 0 aliphatic carbocycles. The summed E-state index contributed by atoms with van der Waals surface area (Å²) in [6, 6.07) is 13.3. The quantitative estimate of drug-likeness (QED) is 0.648. The molecule has 29 heavy (non-hydrogen) atoms. The van der Waals surface area contributed by atoms with Crippen molar-refractivity contribution in [1.82, 2.24) is 19.7 Å². The third-order valence-electron chi connectivity index (χ3n) is 4.15. The van der Waals surface area contributed by atoms with Crippen molar-refractivity contribution in [3.63, 3.8) is 0 Å². The number of rotatable bonds is 6. The number of hydrogen-bond acceptors (Lipinski definition) is 4. The molecule has 9 heteroatoms. The van der Waals surface area contributed by atoms with Crippen LogP contribution in [0.3, 0.4) is 0 Å². The predicted octanol–water partition coefficient (Wildman–Crippen LogP) is 2.89. The van der Waals surface area contributed by atoms with Gasteiger partial charge in [0.25, 0.3) is 11.5 Å². The molecule has 0 fully saturated rings. The van der Waals surface area contributed by atoms with Gasteiger partial charge in [-0.1, -0.05) is 54.4 Å². The van der Waals surface area contributed by atoms with Gasteiger partial charge in [-0.05, 0) is 36.2 Å². The number of nitrogens with one attached hydrogen (secondary N) is 1. The topological polar surface area (TPSA) is 86.0 Å². The Morgan fingerprint density at radius 2 is 1.86 bits per heavy atom. The Morgan fingerprint density at radius 3 is 2.55 bits per heavy atom. The highest BCUT2D eigenvalue weighted by Gasteiger charge is 2.20. The number of benzene rings is 2. The Balaban J connectivity index is 2.21. The molecule has 0 atom stereocenters. The second-order valence-electron chi connectivity index (χ2n) is 6.26. The molecular formula is C20H18Cl2N4O3. The largest absolute Gasteiger partial charge is 0.352 e. The van der Waals surface area contributed by atoms with Gasteiger partial charge in [0.1, 0.15) is 0 Å². The minimum atomic E-state index is -0.790. The van der Waals surface area contributed by atoms with Crippen LogP contribution in [-0.2, 0) is 6.54 Å².